The topological polar surface area (TPSA) is 0 Å². The summed E-state index contributed by atoms with van der Waals surface area (Å²) in [6, 6.07) is 10.9. The Morgan fingerprint density at radius 2 is 1.91 bits per heavy atom. The van der Waals surface area contributed by atoms with Gasteiger partial charge in [-0.1, -0.05) is 0 Å². The first-order valence-electron chi connectivity index (χ1n) is 4.11. The van der Waals surface area contributed by atoms with Gasteiger partial charge in [-0.3, -0.25) is 0 Å². The first-order valence-corrected chi connectivity index (χ1v) is 6.92. The molecule has 0 saturated carbocycles. The molecule has 0 atom stereocenters. The van der Waals surface area contributed by atoms with E-state index in [1.165, 1.54) is 17.3 Å². The van der Waals surface area contributed by atoms with E-state index in [2.05, 4.69) is 37.3 Å². The Bertz CT molecular complexity index is 181. The molecule has 0 fully saturated rings. The molecule has 1 aromatic rings. The molecule has 1 rings (SSSR count). The van der Waals surface area contributed by atoms with Crippen LogP contribution in [0.2, 0.25) is 4.47 Å². The molecule has 0 aliphatic heterocycles. The molecular weight excluding hydrogens is 248 g/mol. The molecule has 0 N–H and O–H groups in total. The van der Waals surface area contributed by atoms with Gasteiger partial charge in [0.25, 0.3) is 0 Å². The second-order valence-electron chi connectivity index (χ2n) is 2.52. The van der Waals surface area contributed by atoms with Crippen molar-refractivity contribution in [3.63, 3.8) is 0 Å². The van der Waals surface area contributed by atoms with E-state index in [1.807, 2.05) is 0 Å². The van der Waals surface area contributed by atoms with Crippen molar-refractivity contribution in [1.82, 2.24) is 0 Å². The molecule has 1 heteroatoms. The van der Waals surface area contributed by atoms with E-state index in [1.54, 1.807) is 3.61 Å². The van der Waals surface area contributed by atoms with Crippen molar-refractivity contribution < 1.29 is 0 Å². The number of rotatable bonds is 4. The summed E-state index contributed by atoms with van der Waals surface area (Å²) >= 11 is 0.152. The maximum atomic E-state index is 2.26. The quantitative estimate of drug-likeness (QED) is 0.576. The zero-order valence-electron chi connectivity index (χ0n) is 6.92. The van der Waals surface area contributed by atoms with Crippen LogP contribution >= 0.6 is 0 Å². The maximum absolute atomic E-state index is 2.26. The molecule has 0 aromatic heterocycles. The van der Waals surface area contributed by atoms with Gasteiger partial charge in [0, 0.05) is 0 Å². The van der Waals surface area contributed by atoms with Crippen molar-refractivity contribution in [2.24, 2.45) is 0 Å². The number of benzene rings is 1. The van der Waals surface area contributed by atoms with Crippen molar-refractivity contribution >= 4 is 24.5 Å². The Morgan fingerprint density at radius 3 is 2.55 bits per heavy atom. The molecule has 1 aromatic carbocycles. The van der Waals surface area contributed by atoms with E-state index in [9.17, 15) is 0 Å². The molecule has 0 heterocycles. The van der Waals surface area contributed by atoms with E-state index in [4.69, 9.17) is 0 Å². The Hall–Kier alpha value is 0.00961. The van der Waals surface area contributed by atoms with Crippen LogP contribution in [0.1, 0.15) is 19.8 Å². The third-order valence-corrected chi connectivity index (χ3v) is 4.64. The van der Waals surface area contributed by atoms with Crippen LogP contribution in [0.3, 0.4) is 0 Å². The molecule has 0 radical (unpaired) electrons. The molecule has 60 valence electrons. The molecule has 0 aliphatic rings. The van der Waals surface area contributed by atoms with Gasteiger partial charge in [0.15, 0.2) is 0 Å². The van der Waals surface area contributed by atoms with Crippen LogP contribution in [-0.4, -0.2) is 20.9 Å². The van der Waals surface area contributed by atoms with Crippen molar-refractivity contribution in [1.29, 1.82) is 0 Å². The summed E-state index contributed by atoms with van der Waals surface area (Å²) in [6.45, 7) is 2.26. The van der Waals surface area contributed by atoms with Crippen LogP contribution in [0.15, 0.2) is 30.3 Å². The predicted molar refractivity (Wildman–Crippen MR) is 51.5 cm³/mol. The minimum atomic E-state index is 0.152. The molecule has 0 bridgehead atoms. The fourth-order valence-electron chi connectivity index (χ4n) is 0.851. The minimum absolute atomic E-state index is 0.152. The van der Waals surface area contributed by atoms with E-state index in [-0.39, 0.29) is 20.9 Å². The third kappa shape index (κ3) is 3.79. The average Bonchev–Trinajstić information content (AvgIpc) is 2.07. The van der Waals surface area contributed by atoms with Gasteiger partial charge in [0.05, 0.1) is 0 Å². The van der Waals surface area contributed by atoms with Crippen LogP contribution in [0.5, 0.6) is 0 Å². The SMILES string of the molecule is CCCC[Te]c1ccccc1. The van der Waals surface area contributed by atoms with Gasteiger partial charge < -0.3 is 0 Å². The summed E-state index contributed by atoms with van der Waals surface area (Å²) in [5.41, 5.74) is 0. The summed E-state index contributed by atoms with van der Waals surface area (Å²) in [4.78, 5) is 0. The fourth-order valence-corrected chi connectivity index (χ4v) is 3.76. The monoisotopic (exact) mass is 264 g/mol. The average molecular weight is 262 g/mol. The van der Waals surface area contributed by atoms with Gasteiger partial charge in [-0.15, -0.1) is 0 Å². The van der Waals surface area contributed by atoms with E-state index >= 15 is 0 Å². The summed E-state index contributed by atoms with van der Waals surface area (Å²) in [6.07, 6.45) is 2.76. The van der Waals surface area contributed by atoms with E-state index < -0.39 is 0 Å². The summed E-state index contributed by atoms with van der Waals surface area (Å²) < 4.78 is 3.07. The van der Waals surface area contributed by atoms with Crippen molar-refractivity contribution in [3.8, 4) is 0 Å². The van der Waals surface area contributed by atoms with Gasteiger partial charge in [-0.2, -0.15) is 0 Å². The number of hydrogen-bond donors (Lipinski definition) is 0. The van der Waals surface area contributed by atoms with Crippen molar-refractivity contribution in [3.05, 3.63) is 30.3 Å². The van der Waals surface area contributed by atoms with E-state index in [0.29, 0.717) is 0 Å². The van der Waals surface area contributed by atoms with E-state index in [0.717, 1.165) is 0 Å². The second kappa shape index (κ2) is 5.63. The molecule has 0 saturated heterocycles. The van der Waals surface area contributed by atoms with Crippen LogP contribution in [0.4, 0.5) is 0 Å². The predicted octanol–water partition coefficient (Wildman–Crippen LogP) is 2.23. The Labute approximate surface area is 79.1 Å². The molecule has 0 spiro atoms. The number of unbranched alkanes of at least 4 members (excludes halogenated alkanes) is 1. The zero-order chi connectivity index (χ0) is 7.94. The first-order chi connectivity index (χ1) is 5.43. The van der Waals surface area contributed by atoms with Crippen molar-refractivity contribution in [2.45, 2.75) is 24.2 Å². The molecular formula is C10H14Te. The standard InChI is InChI=1S/C10H14Te/c1-2-3-9-11-10-7-5-4-6-8-10/h4-8H,2-3,9H2,1H3. The fraction of sp³-hybridized carbons (Fsp3) is 0.400. The Balaban J connectivity index is 2.28. The van der Waals surface area contributed by atoms with Crippen LogP contribution in [0, 0.1) is 0 Å². The van der Waals surface area contributed by atoms with Gasteiger partial charge in [-0.05, 0) is 0 Å². The molecule has 0 aliphatic carbocycles. The second-order valence-corrected chi connectivity index (χ2v) is 5.85. The van der Waals surface area contributed by atoms with Crippen LogP contribution in [0.25, 0.3) is 0 Å². The summed E-state index contributed by atoms with van der Waals surface area (Å²) in [5, 5.41) is 0. The van der Waals surface area contributed by atoms with Crippen molar-refractivity contribution in [2.75, 3.05) is 0 Å². The summed E-state index contributed by atoms with van der Waals surface area (Å²) in [5.74, 6) is 0. The van der Waals surface area contributed by atoms with Crippen LogP contribution in [-0.2, 0) is 0 Å². The van der Waals surface area contributed by atoms with Gasteiger partial charge >= 0.3 is 79.1 Å². The third-order valence-electron chi connectivity index (χ3n) is 1.51. The van der Waals surface area contributed by atoms with Gasteiger partial charge in [-0.25, -0.2) is 0 Å². The first kappa shape index (κ1) is 9.10. The Kier molecular flexibility index (Phi) is 4.66. The molecule has 11 heavy (non-hydrogen) atoms. The molecule has 0 unspecified atom stereocenters. The molecule has 0 amide bonds. The normalized spacial score (nSPS) is 9.91. The van der Waals surface area contributed by atoms with Gasteiger partial charge in [0.1, 0.15) is 0 Å². The van der Waals surface area contributed by atoms with Crippen LogP contribution < -0.4 is 3.61 Å². The molecule has 0 nitrogen and oxygen atoms in total. The van der Waals surface area contributed by atoms with Gasteiger partial charge in [0.2, 0.25) is 0 Å². The number of hydrogen-bond acceptors (Lipinski definition) is 0. The Morgan fingerprint density at radius 1 is 1.18 bits per heavy atom. The summed E-state index contributed by atoms with van der Waals surface area (Å²) in [7, 11) is 0. The zero-order valence-corrected chi connectivity index (χ0v) is 9.25.